The summed E-state index contributed by atoms with van der Waals surface area (Å²) in [6.45, 7) is 0. The molecule has 0 amide bonds. The summed E-state index contributed by atoms with van der Waals surface area (Å²) in [5.41, 5.74) is 1.63. The Morgan fingerprint density at radius 3 is 3.00 bits per heavy atom. The molecule has 1 aromatic heterocycles. The molecule has 0 spiro atoms. The number of nitrogens with zero attached hydrogens (tertiary/aromatic N) is 2. The van der Waals surface area contributed by atoms with Crippen molar-refractivity contribution < 1.29 is 9.13 Å². The second-order valence-electron chi connectivity index (χ2n) is 4.99. The van der Waals surface area contributed by atoms with E-state index in [0.717, 1.165) is 36.1 Å². The van der Waals surface area contributed by atoms with E-state index in [4.69, 9.17) is 16.3 Å². The van der Waals surface area contributed by atoms with E-state index < -0.39 is 0 Å². The number of hydrogen-bond donors (Lipinski definition) is 0. The van der Waals surface area contributed by atoms with Gasteiger partial charge < -0.3 is 9.30 Å². The summed E-state index contributed by atoms with van der Waals surface area (Å²) in [6.07, 6.45) is 3.25. The van der Waals surface area contributed by atoms with Crippen molar-refractivity contribution >= 4 is 22.6 Å². The molecule has 0 bridgehead atoms. The zero-order chi connectivity index (χ0) is 13.4. The van der Waals surface area contributed by atoms with E-state index >= 15 is 0 Å². The van der Waals surface area contributed by atoms with E-state index in [1.54, 1.807) is 19.2 Å². The third-order valence-electron chi connectivity index (χ3n) is 3.90. The molecule has 1 aliphatic carbocycles. The first kappa shape index (κ1) is 12.9. The molecule has 19 heavy (non-hydrogen) atoms. The minimum Gasteiger partial charge on any atom is -0.381 e. The molecule has 0 N–H and O–H groups in total. The summed E-state index contributed by atoms with van der Waals surface area (Å²) in [5, 5.41) is 0. The fourth-order valence-corrected chi connectivity index (χ4v) is 3.17. The number of aromatic nitrogens is 2. The summed E-state index contributed by atoms with van der Waals surface area (Å²) in [7, 11) is 1.74. The summed E-state index contributed by atoms with van der Waals surface area (Å²) < 4.78 is 21.0. The smallest absolute Gasteiger partial charge is 0.125 e. The zero-order valence-corrected chi connectivity index (χ0v) is 11.5. The lowest BCUT2D eigenvalue weighted by molar-refractivity contribution is 0.106. The minimum atomic E-state index is -0.240. The van der Waals surface area contributed by atoms with Gasteiger partial charge in [-0.1, -0.05) is 0 Å². The van der Waals surface area contributed by atoms with E-state index in [0.29, 0.717) is 11.9 Å². The maximum absolute atomic E-state index is 13.5. The van der Waals surface area contributed by atoms with Crippen LogP contribution in [0.3, 0.4) is 0 Å². The van der Waals surface area contributed by atoms with Gasteiger partial charge >= 0.3 is 0 Å². The van der Waals surface area contributed by atoms with Crippen LogP contribution in [0.4, 0.5) is 4.39 Å². The van der Waals surface area contributed by atoms with Crippen LogP contribution in [0.1, 0.15) is 31.1 Å². The van der Waals surface area contributed by atoms with Gasteiger partial charge in [-0.2, -0.15) is 0 Å². The minimum absolute atomic E-state index is 0.240. The number of hydrogen-bond acceptors (Lipinski definition) is 2. The monoisotopic (exact) mass is 282 g/mol. The number of methoxy groups -OCH3 is 1. The maximum Gasteiger partial charge on any atom is 0.125 e. The molecule has 0 radical (unpaired) electrons. The Bertz CT molecular complexity index is 598. The third-order valence-corrected chi connectivity index (χ3v) is 4.14. The van der Waals surface area contributed by atoms with Crippen LogP contribution in [0.25, 0.3) is 11.0 Å². The van der Waals surface area contributed by atoms with Crippen LogP contribution >= 0.6 is 11.6 Å². The van der Waals surface area contributed by atoms with Crippen LogP contribution < -0.4 is 0 Å². The molecule has 2 aromatic rings. The Balaban J connectivity index is 2.08. The summed E-state index contributed by atoms with van der Waals surface area (Å²) in [5.74, 6) is 0.907. The van der Waals surface area contributed by atoms with Gasteiger partial charge in [-0.25, -0.2) is 9.37 Å². The van der Waals surface area contributed by atoms with E-state index in [1.165, 1.54) is 6.07 Å². The second kappa shape index (κ2) is 5.10. The van der Waals surface area contributed by atoms with Gasteiger partial charge in [0, 0.05) is 13.2 Å². The second-order valence-corrected chi connectivity index (χ2v) is 5.26. The number of imidazole rings is 1. The molecule has 2 unspecified atom stereocenters. The molecular formula is C14H16ClFN2O. The topological polar surface area (TPSA) is 27.1 Å². The van der Waals surface area contributed by atoms with Crippen LogP contribution in [-0.2, 0) is 10.6 Å². The molecule has 102 valence electrons. The molecular weight excluding hydrogens is 267 g/mol. The van der Waals surface area contributed by atoms with E-state index in [1.807, 2.05) is 0 Å². The molecule has 3 rings (SSSR count). The SMILES string of the molecule is COC1CCC(n2c(CCl)nc3ccc(F)cc32)C1. The molecule has 1 heterocycles. The van der Waals surface area contributed by atoms with Crippen molar-refractivity contribution in [1.82, 2.24) is 9.55 Å². The quantitative estimate of drug-likeness (QED) is 0.804. The zero-order valence-electron chi connectivity index (χ0n) is 10.8. The highest BCUT2D eigenvalue weighted by molar-refractivity contribution is 6.16. The Labute approximate surface area is 116 Å². The van der Waals surface area contributed by atoms with Crippen LogP contribution in [0, 0.1) is 5.82 Å². The first-order chi connectivity index (χ1) is 9.22. The Morgan fingerprint density at radius 2 is 2.32 bits per heavy atom. The molecule has 1 aromatic carbocycles. The van der Waals surface area contributed by atoms with Gasteiger partial charge in [0.15, 0.2) is 0 Å². The molecule has 1 saturated carbocycles. The van der Waals surface area contributed by atoms with Crippen molar-refractivity contribution in [2.45, 2.75) is 37.3 Å². The first-order valence-electron chi connectivity index (χ1n) is 6.48. The van der Waals surface area contributed by atoms with Crippen molar-refractivity contribution in [3.63, 3.8) is 0 Å². The highest BCUT2D eigenvalue weighted by Gasteiger charge is 2.28. The van der Waals surface area contributed by atoms with E-state index in [9.17, 15) is 4.39 Å². The molecule has 2 atom stereocenters. The molecule has 0 aliphatic heterocycles. The van der Waals surface area contributed by atoms with Crippen LogP contribution in [0.15, 0.2) is 18.2 Å². The lowest BCUT2D eigenvalue weighted by Crippen LogP contribution is -2.11. The normalized spacial score (nSPS) is 23.3. The highest BCUT2D eigenvalue weighted by Crippen LogP contribution is 2.35. The number of alkyl halides is 1. The number of fused-ring (bicyclic) bond motifs is 1. The van der Waals surface area contributed by atoms with Crippen molar-refractivity contribution in [3.8, 4) is 0 Å². The average Bonchev–Trinajstić information content (AvgIpc) is 3.01. The Kier molecular flexibility index (Phi) is 3.46. The van der Waals surface area contributed by atoms with Gasteiger partial charge in [-0.05, 0) is 37.5 Å². The van der Waals surface area contributed by atoms with Gasteiger partial charge in [-0.3, -0.25) is 0 Å². The predicted octanol–water partition coefficient (Wildman–Crippen LogP) is 3.65. The fourth-order valence-electron chi connectivity index (χ4n) is 2.98. The number of benzene rings is 1. The van der Waals surface area contributed by atoms with Gasteiger partial charge in [0.1, 0.15) is 11.6 Å². The number of halogens is 2. The first-order valence-corrected chi connectivity index (χ1v) is 7.01. The van der Waals surface area contributed by atoms with Crippen LogP contribution in [0.2, 0.25) is 0 Å². The van der Waals surface area contributed by atoms with Gasteiger partial charge in [0.05, 0.1) is 23.0 Å². The largest absolute Gasteiger partial charge is 0.381 e. The molecule has 3 nitrogen and oxygen atoms in total. The molecule has 1 aliphatic rings. The average molecular weight is 283 g/mol. The van der Waals surface area contributed by atoms with Gasteiger partial charge in [-0.15, -0.1) is 11.6 Å². The van der Waals surface area contributed by atoms with Crippen LogP contribution in [0.5, 0.6) is 0 Å². The van der Waals surface area contributed by atoms with Gasteiger partial charge in [0.2, 0.25) is 0 Å². The predicted molar refractivity (Wildman–Crippen MR) is 72.9 cm³/mol. The summed E-state index contributed by atoms with van der Waals surface area (Å²) in [6, 6.07) is 4.98. The third kappa shape index (κ3) is 2.23. The van der Waals surface area contributed by atoms with E-state index in [-0.39, 0.29) is 11.9 Å². The van der Waals surface area contributed by atoms with Crippen molar-refractivity contribution in [2.75, 3.05) is 7.11 Å². The maximum atomic E-state index is 13.5. The molecule has 5 heteroatoms. The van der Waals surface area contributed by atoms with Crippen molar-refractivity contribution in [1.29, 1.82) is 0 Å². The Morgan fingerprint density at radius 1 is 1.47 bits per heavy atom. The van der Waals surface area contributed by atoms with Crippen LogP contribution in [-0.4, -0.2) is 22.8 Å². The fraction of sp³-hybridized carbons (Fsp3) is 0.500. The standard InChI is InChI=1S/C14H16ClFN2O/c1-19-11-4-3-10(7-11)18-13-6-9(16)2-5-12(13)17-14(18)8-15/h2,5-6,10-11H,3-4,7-8H2,1H3. The highest BCUT2D eigenvalue weighted by atomic mass is 35.5. The lowest BCUT2D eigenvalue weighted by atomic mass is 10.2. The molecule has 1 fully saturated rings. The van der Waals surface area contributed by atoms with Crippen molar-refractivity contribution in [3.05, 3.63) is 29.8 Å². The number of ether oxygens (including phenoxy) is 1. The van der Waals surface area contributed by atoms with Gasteiger partial charge in [0.25, 0.3) is 0 Å². The summed E-state index contributed by atoms with van der Waals surface area (Å²) in [4.78, 5) is 4.49. The van der Waals surface area contributed by atoms with Crippen molar-refractivity contribution in [2.24, 2.45) is 0 Å². The van der Waals surface area contributed by atoms with E-state index in [2.05, 4.69) is 9.55 Å². The molecule has 0 saturated heterocycles. The lowest BCUT2D eigenvalue weighted by Gasteiger charge is -2.16. The Hall–Kier alpha value is -1.13. The summed E-state index contributed by atoms with van der Waals surface area (Å²) >= 11 is 5.98. The number of rotatable bonds is 3.